The largest absolute Gasteiger partial charge is 0.464 e. The second-order valence-electron chi connectivity index (χ2n) is 3.17. The van der Waals surface area contributed by atoms with Crippen molar-refractivity contribution >= 4 is 5.97 Å². The highest BCUT2D eigenvalue weighted by Gasteiger charge is 2.03. The van der Waals surface area contributed by atoms with E-state index in [0.29, 0.717) is 32.9 Å². The fraction of sp³-hybridized carbons (Fsp3) is 0.900. The Labute approximate surface area is 95.9 Å². The van der Waals surface area contributed by atoms with E-state index in [0.717, 1.165) is 0 Å². The first kappa shape index (κ1) is 15.3. The third-order valence-corrected chi connectivity index (χ3v) is 1.69. The Morgan fingerprint density at radius 1 is 1.50 bits per heavy atom. The maximum Gasteiger partial charge on any atom is 0.332 e. The van der Waals surface area contributed by atoms with Crippen LogP contribution in [-0.4, -0.2) is 63.8 Å². The molecule has 6 heteroatoms. The minimum absolute atomic E-state index is 0.0316. The monoisotopic (exact) mass is 235 g/mol. The van der Waals surface area contributed by atoms with Crippen molar-refractivity contribution in [1.29, 1.82) is 0 Å². The molecule has 0 aliphatic rings. The Balaban J connectivity index is 3.18. The molecule has 2 N–H and O–H groups in total. The molecule has 0 rings (SSSR count). The molecule has 0 aromatic rings. The van der Waals surface area contributed by atoms with Crippen LogP contribution in [0.15, 0.2) is 0 Å². The SMILES string of the molecule is CCOC(=O)COCCNCC(O)COC. The van der Waals surface area contributed by atoms with Crippen molar-refractivity contribution in [3.05, 3.63) is 0 Å². The minimum atomic E-state index is -0.518. The number of ether oxygens (including phenoxy) is 3. The maximum atomic E-state index is 10.8. The predicted octanol–water partition coefficient (Wildman–Crippen LogP) is -0.837. The smallest absolute Gasteiger partial charge is 0.332 e. The van der Waals surface area contributed by atoms with Gasteiger partial charge in [0, 0.05) is 20.2 Å². The van der Waals surface area contributed by atoms with Crippen LogP contribution in [0.4, 0.5) is 0 Å². The summed E-state index contributed by atoms with van der Waals surface area (Å²) in [5.41, 5.74) is 0. The van der Waals surface area contributed by atoms with Gasteiger partial charge in [0.2, 0.25) is 0 Å². The number of rotatable bonds is 10. The molecule has 16 heavy (non-hydrogen) atoms. The zero-order valence-electron chi connectivity index (χ0n) is 9.90. The van der Waals surface area contributed by atoms with Crippen molar-refractivity contribution in [1.82, 2.24) is 5.32 Å². The van der Waals surface area contributed by atoms with E-state index in [1.165, 1.54) is 7.11 Å². The van der Waals surface area contributed by atoms with Gasteiger partial charge in [0.15, 0.2) is 0 Å². The van der Waals surface area contributed by atoms with Crippen molar-refractivity contribution in [2.24, 2.45) is 0 Å². The first-order valence-corrected chi connectivity index (χ1v) is 5.31. The van der Waals surface area contributed by atoms with Crippen LogP contribution in [-0.2, 0) is 19.0 Å². The summed E-state index contributed by atoms with van der Waals surface area (Å²) in [6.45, 7) is 3.79. The normalized spacial score (nSPS) is 12.4. The van der Waals surface area contributed by atoms with Gasteiger partial charge >= 0.3 is 5.97 Å². The molecular formula is C10H21NO5. The number of aliphatic hydroxyl groups is 1. The number of nitrogens with one attached hydrogen (secondary N) is 1. The zero-order chi connectivity index (χ0) is 12.2. The first-order valence-electron chi connectivity index (χ1n) is 5.31. The first-order chi connectivity index (χ1) is 7.70. The van der Waals surface area contributed by atoms with Crippen LogP contribution in [0, 0.1) is 0 Å². The molecule has 1 unspecified atom stereocenters. The van der Waals surface area contributed by atoms with Crippen LogP contribution in [0.5, 0.6) is 0 Å². The van der Waals surface area contributed by atoms with E-state index in [1.54, 1.807) is 6.92 Å². The van der Waals surface area contributed by atoms with Gasteiger partial charge < -0.3 is 24.6 Å². The van der Waals surface area contributed by atoms with Crippen LogP contribution >= 0.6 is 0 Å². The molecule has 0 radical (unpaired) electrons. The van der Waals surface area contributed by atoms with Crippen molar-refractivity contribution < 1.29 is 24.1 Å². The van der Waals surface area contributed by atoms with E-state index in [2.05, 4.69) is 10.1 Å². The van der Waals surface area contributed by atoms with Crippen LogP contribution in [0.2, 0.25) is 0 Å². The van der Waals surface area contributed by atoms with Crippen LogP contribution in [0.1, 0.15) is 6.92 Å². The number of hydrogen-bond donors (Lipinski definition) is 2. The predicted molar refractivity (Wildman–Crippen MR) is 58.2 cm³/mol. The third-order valence-electron chi connectivity index (χ3n) is 1.69. The van der Waals surface area contributed by atoms with Gasteiger partial charge in [-0.2, -0.15) is 0 Å². The minimum Gasteiger partial charge on any atom is -0.464 e. The van der Waals surface area contributed by atoms with Gasteiger partial charge in [0.25, 0.3) is 0 Å². The lowest BCUT2D eigenvalue weighted by atomic mass is 10.4. The summed E-state index contributed by atoms with van der Waals surface area (Å²) >= 11 is 0. The van der Waals surface area contributed by atoms with Gasteiger partial charge in [-0.3, -0.25) is 0 Å². The molecule has 0 aliphatic heterocycles. The van der Waals surface area contributed by atoms with Crippen molar-refractivity contribution in [3.63, 3.8) is 0 Å². The fourth-order valence-corrected chi connectivity index (χ4v) is 1.02. The van der Waals surface area contributed by atoms with Crippen molar-refractivity contribution in [2.45, 2.75) is 13.0 Å². The third kappa shape index (κ3) is 9.85. The lowest BCUT2D eigenvalue weighted by molar-refractivity contribution is -0.148. The Morgan fingerprint density at radius 2 is 2.25 bits per heavy atom. The number of carbonyl (C=O) groups is 1. The molecule has 0 bridgehead atoms. The van der Waals surface area contributed by atoms with E-state index in [1.807, 2.05) is 0 Å². The highest BCUT2D eigenvalue weighted by Crippen LogP contribution is 1.82. The van der Waals surface area contributed by atoms with Gasteiger partial charge in [-0.1, -0.05) is 0 Å². The van der Waals surface area contributed by atoms with E-state index in [-0.39, 0.29) is 12.6 Å². The Kier molecular flexibility index (Phi) is 10.3. The Morgan fingerprint density at radius 3 is 2.88 bits per heavy atom. The second kappa shape index (κ2) is 10.8. The van der Waals surface area contributed by atoms with Gasteiger partial charge in [-0.25, -0.2) is 4.79 Å². The summed E-state index contributed by atoms with van der Waals surface area (Å²) in [7, 11) is 1.53. The van der Waals surface area contributed by atoms with E-state index < -0.39 is 6.10 Å². The lowest BCUT2D eigenvalue weighted by Crippen LogP contribution is -2.32. The Bertz CT molecular complexity index is 177. The topological polar surface area (TPSA) is 77.0 Å². The molecule has 1 atom stereocenters. The highest BCUT2D eigenvalue weighted by atomic mass is 16.6. The lowest BCUT2D eigenvalue weighted by Gasteiger charge is -2.10. The quantitative estimate of drug-likeness (QED) is 0.380. The number of hydrogen-bond acceptors (Lipinski definition) is 6. The Hall–Kier alpha value is -0.690. The second-order valence-corrected chi connectivity index (χ2v) is 3.17. The average Bonchev–Trinajstić information content (AvgIpc) is 2.24. The molecule has 0 fully saturated rings. The molecule has 0 amide bonds. The van der Waals surface area contributed by atoms with Gasteiger partial charge in [-0.05, 0) is 6.92 Å². The van der Waals surface area contributed by atoms with E-state index >= 15 is 0 Å². The average molecular weight is 235 g/mol. The number of carbonyl (C=O) groups excluding carboxylic acids is 1. The molecule has 0 saturated carbocycles. The van der Waals surface area contributed by atoms with E-state index in [4.69, 9.17) is 9.47 Å². The maximum absolute atomic E-state index is 10.8. The summed E-state index contributed by atoms with van der Waals surface area (Å²) in [5.74, 6) is -0.359. The zero-order valence-corrected chi connectivity index (χ0v) is 9.90. The standard InChI is InChI=1S/C10H21NO5/c1-3-16-10(13)8-15-5-4-11-6-9(12)7-14-2/h9,11-12H,3-8H2,1-2H3. The van der Waals surface area contributed by atoms with E-state index in [9.17, 15) is 9.90 Å². The summed E-state index contributed by atoms with van der Waals surface area (Å²) < 4.78 is 14.5. The summed E-state index contributed by atoms with van der Waals surface area (Å²) in [5, 5.41) is 12.2. The summed E-state index contributed by atoms with van der Waals surface area (Å²) in [6, 6.07) is 0. The van der Waals surface area contributed by atoms with Crippen molar-refractivity contribution in [3.8, 4) is 0 Å². The number of methoxy groups -OCH3 is 1. The van der Waals surface area contributed by atoms with Crippen LogP contribution in [0.25, 0.3) is 0 Å². The number of esters is 1. The molecule has 0 heterocycles. The highest BCUT2D eigenvalue weighted by molar-refractivity contribution is 5.70. The summed E-state index contributed by atoms with van der Waals surface area (Å²) in [6.07, 6.45) is -0.518. The molecule has 6 nitrogen and oxygen atoms in total. The van der Waals surface area contributed by atoms with Crippen molar-refractivity contribution in [2.75, 3.05) is 46.6 Å². The molecule has 0 aliphatic carbocycles. The molecule has 96 valence electrons. The molecule has 0 spiro atoms. The van der Waals surface area contributed by atoms with Crippen LogP contribution < -0.4 is 5.32 Å². The summed E-state index contributed by atoms with van der Waals surface area (Å²) in [4.78, 5) is 10.8. The van der Waals surface area contributed by atoms with Crippen LogP contribution in [0.3, 0.4) is 0 Å². The van der Waals surface area contributed by atoms with Gasteiger partial charge in [0.1, 0.15) is 6.61 Å². The van der Waals surface area contributed by atoms with Gasteiger partial charge in [0.05, 0.1) is 25.9 Å². The van der Waals surface area contributed by atoms with Gasteiger partial charge in [-0.15, -0.1) is 0 Å². The molecular weight excluding hydrogens is 214 g/mol. The molecule has 0 aromatic heterocycles. The fourth-order valence-electron chi connectivity index (χ4n) is 1.02. The molecule has 0 saturated heterocycles. The molecule has 0 aromatic carbocycles. The number of aliphatic hydroxyl groups excluding tert-OH is 1.